The molecule has 0 saturated carbocycles. The van der Waals surface area contributed by atoms with Crippen LogP contribution < -0.4 is 4.72 Å². The molecule has 1 aromatic heterocycles. The second-order valence-corrected chi connectivity index (χ2v) is 6.82. The summed E-state index contributed by atoms with van der Waals surface area (Å²) in [6.45, 7) is 1.71. The highest BCUT2D eigenvalue weighted by Gasteiger charge is 2.19. The zero-order valence-corrected chi connectivity index (χ0v) is 13.2. The van der Waals surface area contributed by atoms with E-state index in [-0.39, 0.29) is 15.9 Å². The maximum atomic E-state index is 12.6. The second-order valence-electron chi connectivity index (χ2n) is 4.78. The summed E-state index contributed by atoms with van der Waals surface area (Å²) in [5.41, 5.74) is 0.601. The molecule has 0 radical (unpaired) electrons. The van der Waals surface area contributed by atoms with Crippen LogP contribution >= 0.6 is 11.6 Å². The normalized spacial score (nSPS) is 11.5. The third-order valence-electron chi connectivity index (χ3n) is 3.22. The van der Waals surface area contributed by atoms with Gasteiger partial charge in [-0.1, -0.05) is 48.0 Å². The van der Waals surface area contributed by atoms with Crippen molar-refractivity contribution in [1.29, 1.82) is 0 Å². The maximum Gasteiger partial charge on any atom is 0.263 e. The number of hydrogen-bond donors (Lipinski definition) is 1. The molecule has 0 aliphatic heterocycles. The Morgan fingerprint density at radius 2 is 1.77 bits per heavy atom. The second kappa shape index (κ2) is 5.55. The van der Waals surface area contributed by atoms with Crippen LogP contribution in [0.3, 0.4) is 0 Å². The quantitative estimate of drug-likeness (QED) is 0.797. The Balaban J connectivity index is 2.09. The van der Waals surface area contributed by atoms with Crippen molar-refractivity contribution in [1.82, 2.24) is 10.2 Å². The van der Waals surface area contributed by atoms with Crippen LogP contribution in [-0.2, 0) is 10.0 Å². The number of rotatable bonds is 3. The molecule has 0 bridgehead atoms. The molecular formula is C15H12ClN3O2S. The summed E-state index contributed by atoms with van der Waals surface area (Å²) >= 11 is 5.73. The van der Waals surface area contributed by atoms with Gasteiger partial charge in [-0.25, -0.2) is 8.42 Å². The first kappa shape index (κ1) is 14.7. The van der Waals surface area contributed by atoms with Crippen molar-refractivity contribution in [3.05, 3.63) is 59.2 Å². The largest absolute Gasteiger partial charge is 0.263 e. The molecule has 3 rings (SSSR count). The lowest BCUT2D eigenvalue weighted by molar-refractivity contribution is 0.601. The van der Waals surface area contributed by atoms with Gasteiger partial charge in [0.15, 0.2) is 11.0 Å². The lowest BCUT2D eigenvalue weighted by atomic mass is 10.1. The van der Waals surface area contributed by atoms with E-state index >= 15 is 0 Å². The molecule has 0 spiro atoms. The number of hydrogen-bond acceptors (Lipinski definition) is 4. The molecule has 22 heavy (non-hydrogen) atoms. The summed E-state index contributed by atoms with van der Waals surface area (Å²) in [6.07, 6.45) is 0. The fourth-order valence-corrected chi connectivity index (χ4v) is 3.67. The van der Waals surface area contributed by atoms with Crippen molar-refractivity contribution in [2.45, 2.75) is 11.8 Å². The SMILES string of the molecule is Cc1cc(Cl)nnc1NS(=O)(=O)c1cccc2ccccc12. The van der Waals surface area contributed by atoms with E-state index in [0.717, 1.165) is 5.39 Å². The molecule has 0 aliphatic carbocycles. The Morgan fingerprint density at radius 1 is 1.05 bits per heavy atom. The van der Waals surface area contributed by atoms with Gasteiger partial charge in [0.25, 0.3) is 10.0 Å². The van der Waals surface area contributed by atoms with Crippen LogP contribution in [0.25, 0.3) is 10.8 Å². The predicted octanol–water partition coefficient (Wildman–Crippen LogP) is 3.39. The zero-order valence-electron chi connectivity index (χ0n) is 11.6. The molecule has 0 fully saturated rings. The molecule has 5 nitrogen and oxygen atoms in total. The van der Waals surface area contributed by atoms with Gasteiger partial charge < -0.3 is 0 Å². The Labute approximate surface area is 133 Å². The van der Waals surface area contributed by atoms with Gasteiger partial charge in [-0.15, -0.1) is 10.2 Å². The lowest BCUT2D eigenvalue weighted by Gasteiger charge is -2.11. The highest BCUT2D eigenvalue weighted by atomic mass is 35.5. The molecule has 1 N–H and O–H groups in total. The first-order valence-electron chi connectivity index (χ1n) is 6.48. The van der Waals surface area contributed by atoms with Gasteiger partial charge in [0, 0.05) is 5.39 Å². The third-order valence-corrected chi connectivity index (χ3v) is 4.81. The van der Waals surface area contributed by atoms with E-state index in [0.29, 0.717) is 10.9 Å². The number of aromatic nitrogens is 2. The van der Waals surface area contributed by atoms with Crippen molar-refractivity contribution in [2.75, 3.05) is 4.72 Å². The zero-order chi connectivity index (χ0) is 15.7. The van der Waals surface area contributed by atoms with Crippen LogP contribution in [0.1, 0.15) is 5.56 Å². The number of benzene rings is 2. The van der Waals surface area contributed by atoms with E-state index < -0.39 is 10.0 Å². The summed E-state index contributed by atoms with van der Waals surface area (Å²) in [7, 11) is -3.77. The van der Waals surface area contributed by atoms with E-state index in [1.165, 1.54) is 0 Å². The summed E-state index contributed by atoms with van der Waals surface area (Å²) in [4.78, 5) is 0.196. The molecular weight excluding hydrogens is 322 g/mol. The third kappa shape index (κ3) is 2.75. The van der Waals surface area contributed by atoms with Crippen molar-refractivity contribution in [2.24, 2.45) is 0 Å². The summed E-state index contributed by atoms with van der Waals surface area (Å²) in [5.74, 6) is 0.164. The Morgan fingerprint density at radius 3 is 2.55 bits per heavy atom. The summed E-state index contributed by atoms with van der Waals surface area (Å²) in [5, 5.41) is 9.18. The molecule has 7 heteroatoms. The van der Waals surface area contributed by atoms with Crippen LogP contribution in [-0.4, -0.2) is 18.6 Å². The smallest absolute Gasteiger partial charge is 0.262 e. The van der Waals surface area contributed by atoms with E-state index in [1.807, 2.05) is 18.2 Å². The van der Waals surface area contributed by atoms with Gasteiger partial charge in [-0.05, 0) is 30.0 Å². The van der Waals surface area contributed by atoms with Crippen molar-refractivity contribution in [3.63, 3.8) is 0 Å². The molecule has 0 amide bonds. The van der Waals surface area contributed by atoms with Gasteiger partial charge in [0.05, 0.1) is 4.90 Å². The first-order valence-corrected chi connectivity index (χ1v) is 8.34. The maximum absolute atomic E-state index is 12.6. The van der Waals surface area contributed by atoms with Crippen molar-refractivity contribution >= 4 is 38.2 Å². The Kier molecular flexibility index (Phi) is 3.72. The van der Waals surface area contributed by atoms with E-state index in [1.54, 1.807) is 37.3 Å². The fraction of sp³-hybridized carbons (Fsp3) is 0.0667. The number of anilines is 1. The monoisotopic (exact) mass is 333 g/mol. The van der Waals surface area contributed by atoms with E-state index in [9.17, 15) is 8.42 Å². The highest BCUT2D eigenvalue weighted by Crippen LogP contribution is 2.25. The topological polar surface area (TPSA) is 72.0 Å². The Hall–Kier alpha value is -2.18. The number of nitrogens with one attached hydrogen (secondary N) is 1. The summed E-state index contributed by atoms with van der Waals surface area (Å²) < 4.78 is 27.7. The predicted molar refractivity (Wildman–Crippen MR) is 86.5 cm³/mol. The van der Waals surface area contributed by atoms with Gasteiger partial charge in [0.2, 0.25) is 0 Å². The fourth-order valence-electron chi connectivity index (χ4n) is 2.17. The molecule has 0 aliphatic rings. The highest BCUT2D eigenvalue weighted by molar-refractivity contribution is 7.93. The minimum Gasteiger partial charge on any atom is -0.262 e. The molecule has 0 atom stereocenters. The van der Waals surface area contributed by atoms with E-state index in [4.69, 9.17) is 11.6 Å². The molecule has 1 heterocycles. The number of halogens is 1. The average Bonchev–Trinajstić information content (AvgIpc) is 2.49. The number of fused-ring (bicyclic) bond motifs is 1. The standard InChI is InChI=1S/C15H12ClN3O2S/c1-10-9-14(16)17-18-15(10)19-22(20,21)13-8-4-6-11-5-2-3-7-12(11)13/h2-9H,1H3,(H,18,19). The molecule has 112 valence electrons. The first-order chi connectivity index (χ1) is 10.5. The molecule has 3 aromatic rings. The molecule has 0 saturated heterocycles. The van der Waals surface area contributed by atoms with Crippen LogP contribution in [0.5, 0.6) is 0 Å². The number of nitrogens with zero attached hydrogens (tertiary/aromatic N) is 2. The number of sulfonamides is 1. The van der Waals surface area contributed by atoms with Crippen LogP contribution in [0.2, 0.25) is 5.15 Å². The van der Waals surface area contributed by atoms with Gasteiger partial charge >= 0.3 is 0 Å². The van der Waals surface area contributed by atoms with Crippen LogP contribution in [0.4, 0.5) is 5.82 Å². The Bertz CT molecular complexity index is 953. The minimum atomic E-state index is -3.77. The minimum absolute atomic E-state index is 0.164. The van der Waals surface area contributed by atoms with Gasteiger partial charge in [-0.2, -0.15) is 0 Å². The van der Waals surface area contributed by atoms with Gasteiger partial charge in [-0.3, -0.25) is 4.72 Å². The number of aryl methyl sites for hydroxylation is 1. The average molecular weight is 334 g/mol. The molecule has 2 aromatic carbocycles. The molecule has 0 unspecified atom stereocenters. The van der Waals surface area contributed by atoms with Crippen molar-refractivity contribution in [3.8, 4) is 0 Å². The van der Waals surface area contributed by atoms with Crippen LogP contribution in [0, 0.1) is 6.92 Å². The van der Waals surface area contributed by atoms with Crippen LogP contribution in [0.15, 0.2) is 53.4 Å². The van der Waals surface area contributed by atoms with E-state index in [2.05, 4.69) is 14.9 Å². The van der Waals surface area contributed by atoms with Gasteiger partial charge in [0.1, 0.15) is 0 Å². The summed E-state index contributed by atoms with van der Waals surface area (Å²) in [6, 6.07) is 14.0. The lowest BCUT2D eigenvalue weighted by Crippen LogP contribution is -2.15. The van der Waals surface area contributed by atoms with Crippen molar-refractivity contribution < 1.29 is 8.42 Å².